The van der Waals surface area contributed by atoms with Crippen molar-refractivity contribution >= 4 is 40.7 Å². The lowest BCUT2D eigenvalue weighted by atomic mass is 10.1. The lowest BCUT2D eigenvalue weighted by molar-refractivity contribution is -0.125. The summed E-state index contributed by atoms with van der Waals surface area (Å²) in [6, 6.07) is 9.40. The van der Waals surface area contributed by atoms with Gasteiger partial charge in [0.15, 0.2) is 11.5 Å². The van der Waals surface area contributed by atoms with Crippen LogP contribution in [0.25, 0.3) is 11.6 Å². The van der Waals surface area contributed by atoms with Gasteiger partial charge in [-0.3, -0.25) is 14.8 Å². The number of hydrogen-bond donors (Lipinski definition) is 2. The molecule has 0 spiro atoms. The van der Waals surface area contributed by atoms with Crippen LogP contribution in [0.1, 0.15) is 20.8 Å². The number of benzene rings is 1. The second kappa shape index (κ2) is 11.0. The zero-order valence-electron chi connectivity index (χ0n) is 19.3. The van der Waals surface area contributed by atoms with Crippen LogP contribution in [0.4, 0.5) is 5.95 Å². The van der Waals surface area contributed by atoms with Gasteiger partial charge < -0.3 is 19.3 Å². The van der Waals surface area contributed by atoms with Crippen molar-refractivity contribution < 1.29 is 24.3 Å². The van der Waals surface area contributed by atoms with Crippen LogP contribution >= 0.6 is 11.3 Å². The fourth-order valence-corrected chi connectivity index (χ4v) is 4.46. The van der Waals surface area contributed by atoms with Crippen molar-refractivity contribution in [1.82, 2.24) is 20.3 Å². The third-order valence-corrected chi connectivity index (χ3v) is 6.49. The van der Waals surface area contributed by atoms with E-state index in [0.29, 0.717) is 49.2 Å². The van der Waals surface area contributed by atoms with E-state index in [-0.39, 0.29) is 11.5 Å². The molecular weight excluding hydrogens is 470 g/mol. The molecule has 1 aliphatic rings. The minimum atomic E-state index is -0.672. The van der Waals surface area contributed by atoms with Crippen molar-refractivity contribution in [3.05, 3.63) is 64.1 Å². The van der Waals surface area contributed by atoms with E-state index in [4.69, 9.17) is 14.7 Å². The summed E-state index contributed by atoms with van der Waals surface area (Å²) in [6.07, 6.45) is 4.58. The van der Waals surface area contributed by atoms with Crippen molar-refractivity contribution in [2.24, 2.45) is 0 Å². The summed E-state index contributed by atoms with van der Waals surface area (Å²) in [5.41, 5.74) is 3.15. The predicted molar refractivity (Wildman–Crippen MR) is 132 cm³/mol. The first-order valence-electron chi connectivity index (χ1n) is 10.8. The maximum atomic E-state index is 13.6. The Kier molecular flexibility index (Phi) is 7.58. The Morgan fingerprint density at radius 2 is 1.77 bits per heavy atom. The molecule has 0 saturated carbocycles. The monoisotopic (exact) mass is 495 g/mol. The number of piperazine rings is 1. The molecule has 0 unspecified atom stereocenters. The van der Waals surface area contributed by atoms with E-state index >= 15 is 0 Å². The van der Waals surface area contributed by atoms with Crippen LogP contribution < -0.4 is 19.9 Å². The van der Waals surface area contributed by atoms with Gasteiger partial charge in [-0.25, -0.2) is 15.4 Å². The van der Waals surface area contributed by atoms with Crippen LogP contribution in [0.5, 0.6) is 11.5 Å². The molecule has 11 heteroatoms. The Morgan fingerprint density at radius 3 is 2.37 bits per heavy atom. The van der Waals surface area contributed by atoms with E-state index in [9.17, 15) is 9.59 Å². The molecule has 1 saturated heterocycles. The van der Waals surface area contributed by atoms with Crippen molar-refractivity contribution in [1.29, 1.82) is 0 Å². The van der Waals surface area contributed by atoms with Crippen molar-refractivity contribution in [2.75, 3.05) is 45.3 Å². The molecule has 1 aliphatic heterocycles. The van der Waals surface area contributed by atoms with Gasteiger partial charge in [-0.2, -0.15) is 0 Å². The fraction of sp³-hybridized carbons (Fsp3) is 0.250. The Hall–Kier alpha value is -3.96. The number of amides is 2. The first-order chi connectivity index (χ1) is 17.0. The van der Waals surface area contributed by atoms with Gasteiger partial charge in [0, 0.05) is 43.4 Å². The lowest BCUT2D eigenvalue weighted by Crippen LogP contribution is -2.49. The molecule has 3 heterocycles. The van der Waals surface area contributed by atoms with Gasteiger partial charge in [-0.05, 0) is 35.2 Å². The van der Waals surface area contributed by atoms with Gasteiger partial charge in [0.2, 0.25) is 5.95 Å². The maximum Gasteiger partial charge on any atom is 0.277 e. The predicted octanol–water partition coefficient (Wildman–Crippen LogP) is 2.56. The van der Waals surface area contributed by atoms with Crippen LogP contribution in [0.3, 0.4) is 0 Å². The van der Waals surface area contributed by atoms with Crippen LogP contribution in [0.15, 0.2) is 48.1 Å². The van der Waals surface area contributed by atoms with Crippen molar-refractivity contribution in [3.63, 3.8) is 0 Å². The molecule has 3 aromatic rings. The summed E-state index contributed by atoms with van der Waals surface area (Å²) in [6.45, 7) is 2.09. The Labute approximate surface area is 206 Å². The second-order valence-corrected chi connectivity index (χ2v) is 8.59. The van der Waals surface area contributed by atoms with E-state index < -0.39 is 5.91 Å². The number of methoxy groups -OCH3 is 2. The van der Waals surface area contributed by atoms with Crippen molar-refractivity contribution in [2.45, 2.75) is 0 Å². The molecule has 0 aliphatic carbocycles. The number of rotatable bonds is 7. The summed E-state index contributed by atoms with van der Waals surface area (Å²) in [4.78, 5) is 38.1. The number of hydroxylamine groups is 1. The molecule has 4 rings (SSSR count). The Morgan fingerprint density at radius 1 is 1.06 bits per heavy atom. The maximum absolute atomic E-state index is 13.6. The molecule has 0 bridgehead atoms. The smallest absolute Gasteiger partial charge is 0.277 e. The third-order valence-electron chi connectivity index (χ3n) is 5.59. The van der Waals surface area contributed by atoms with Gasteiger partial charge in [0.05, 0.1) is 25.4 Å². The van der Waals surface area contributed by atoms with Gasteiger partial charge >= 0.3 is 0 Å². The summed E-state index contributed by atoms with van der Waals surface area (Å²) in [7, 11) is 3.16. The van der Waals surface area contributed by atoms with Crippen LogP contribution in [-0.4, -0.2) is 72.3 Å². The minimum absolute atomic E-state index is 0.0576. The van der Waals surface area contributed by atoms with Gasteiger partial charge in [0.25, 0.3) is 11.8 Å². The number of hydrogen-bond acceptors (Lipinski definition) is 9. The molecule has 2 aromatic heterocycles. The second-order valence-electron chi connectivity index (χ2n) is 7.64. The van der Waals surface area contributed by atoms with Crippen molar-refractivity contribution in [3.8, 4) is 11.5 Å². The number of aromatic nitrogens is 2. The molecule has 10 nitrogen and oxygen atoms in total. The summed E-state index contributed by atoms with van der Waals surface area (Å²) >= 11 is 1.51. The number of carbonyl (C=O) groups excluding carboxylic acids is 2. The molecule has 1 fully saturated rings. The molecule has 0 atom stereocenters. The van der Waals surface area contributed by atoms with Gasteiger partial charge in [0.1, 0.15) is 0 Å². The van der Waals surface area contributed by atoms with E-state index in [1.54, 1.807) is 19.7 Å². The normalized spacial score (nSPS) is 14.0. The largest absolute Gasteiger partial charge is 0.493 e. The highest BCUT2D eigenvalue weighted by Gasteiger charge is 2.26. The summed E-state index contributed by atoms with van der Waals surface area (Å²) in [5.74, 6) is 0.949. The van der Waals surface area contributed by atoms with Crippen LogP contribution in [0.2, 0.25) is 0 Å². The first kappa shape index (κ1) is 24.2. The SMILES string of the molecule is COc1ccc(/C=C(/C(=O)N2CCN(c3ncc(C(=O)NO)cn3)CC2)c2cccs2)cc1OC. The highest BCUT2D eigenvalue weighted by Crippen LogP contribution is 2.31. The zero-order valence-corrected chi connectivity index (χ0v) is 20.1. The lowest BCUT2D eigenvalue weighted by Gasteiger charge is -2.35. The number of thiophene rings is 1. The number of anilines is 1. The number of carbonyl (C=O) groups is 2. The number of nitrogens with zero attached hydrogens (tertiary/aromatic N) is 4. The van der Waals surface area contributed by atoms with Crippen LogP contribution in [-0.2, 0) is 4.79 Å². The van der Waals surface area contributed by atoms with E-state index in [1.165, 1.54) is 23.7 Å². The summed E-state index contributed by atoms with van der Waals surface area (Å²) in [5, 5.41) is 10.7. The van der Waals surface area contributed by atoms with Crippen LogP contribution in [0, 0.1) is 0 Å². The zero-order chi connectivity index (χ0) is 24.8. The molecule has 2 amide bonds. The highest BCUT2D eigenvalue weighted by molar-refractivity contribution is 7.11. The standard InChI is InChI=1S/C24H25N5O5S/c1-33-19-6-5-16(13-20(19)34-2)12-18(21-4-3-11-35-21)23(31)28-7-9-29(10-8-28)24-25-14-17(15-26-24)22(30)27-32/h3-6,11-15,32H,7-10H2,1-2H3,(H,27,30)/b18-12+. The molecule has 2 N–H and O–H groups in total. The van der Waals surface area contributed by atoms with Gasteiger partial charge in [-0.1, -0.05) is 12.1 Å². The Bertz CT molecular complexity index is 1210. The van der Waals surface area contributed by atoms with E-state index in [0.717, 1.165) is 10.4 Å². The van der Waals surface area contributed by atoms with Gasteiger partial charge in [-0.15, -0.1) is 11.3 Å². The number of nitrogens with one attached hydrogen (secondary N) is 1. The number of ether oxygens (including phenoxy) is 2. The fourth-order valence-electron chi connectivity index (χ4n) is 3.73. The molecule has 35 heavy (non-hydrogen) atoms. The third kappa shape index (κ3) is 5.42. The average Bonchev–Trinajstić information content (AvgIpc) is 3.45. The highest BCUT2D eigenvalue weighted by atomic mass is 32.1. The average molecular weight is 496 g/mol. The van der Waals surface area contributed by atoms with E-state index in [2.05, 4.69) is 9.97 Å². The van der Waals surface area contributed by atoms with E-state index in [1.807, 2.05) is 51.6 Å². The molecular formula is C24H25N5O5S. The minimum Gasteiger partial charge on any atom is -0.493 e. The molecule has 1 aromatic carbocycles. The molecule has 182 valence electrons. The quantitative estimate of drug-likeness (QED) is 0.292. The first-order valence-corrected chi connectivity index (χ1v) is 11.7. The summed E-state index contributed by atoms with van der Waals surface area (Å²) < 4.78 is 10.7. The molecule has 0 radical (unpaired) electrons. The topological polar surface area (TPSA) is 117 Å². The Balaban J connectivity index is 1.50.